The average molecular weight is 398 g/mol. The fraction of sp³-hybridized carbons (Fsp3) is 0.120. The molecule has 0 aliphatic rings. The lowest BCUT2D eigenvalue weighted by Gasteiger charge is -2.12. The Morgan fingerprint density at radius 2 is 1.53 bits per heavy atom. The lowest BCUT2D eigenvalue weighted by molar-refractivity contribution is 0.0600. The summed E-state index contributed by atoms with van der Waals surface area (Å²) in [7, 11) is 2.96. The second kappa shape index (κ2) is 8.66. The van der Waals surface area contributed by atoms with Crippen molar-refractivity contribution in [3.63, 3.8) is 0 Å². The molecule has 5 nitrogen and oxygen atoms in total. The van der Waals surface area contributed by atoms with Gasteiger partial charge in [0, 0.05) is 11.1 Å². The number of hydrogen-bond acceptors (Lipinski definition) is 4. The minimum absolute atomic E-state index is 0.393. The predicted octanol–water partition coefficient (Wildman–Crippen LogP) is 5.06. The van der Waals surface area contributed by atoms with Gasteiger partial charge in [-0.1, -0.05) is 66.7 Å². The van der Waals surface area contributed by atoms with E-state index >= 15 is 0 Å². The smallest absolute Gasteiger partial charge is 0.337 e. The van der Waals surface area contributed by atoms with E-state index in [0.29, 0.717) is 17.9 Å². The molecule has 0 amide bonds. The minimum atomic E-state index is -0.393. The minimum Gasteiger partial charge on any atom is -0.496 e. The summed E-state index contributed by atoms with van der Waals surface area (Å²) in [6.07, 6.45) is 0. The lowest BCUT2D eigenvalue weighted by Crippen LogP contribution is -2.07. The van der Waals surface area contributed by atoms with E-state index < -0.39 is 5.97 Å². The van der Waals surface area contributed by atoms with Gasteiger partial charge in [-0.25, -0.2) is 4.79 Å². The monoisotopic (exact) mass is 398 g/mol. The van der Waals surface area contributed by atoms with Crippen LogP contribution < -0.4 is 4.74 Å². The molecule has 0 spiro atoms. The third-order valence-corrected chi connectivity index (χ3v) is 4.95. The molecular formula is C25H22N2O3. The van der Waals surface area contributed by atoms with Crippen molar-refractivity contribution in [1.82, 2.24) is 9.78 Å². The van der Waals surface area contributed by atoms with Gasteiger partial charge in [0.05, 0.1) is 37.7 Å². The van der Waals surface area contributed by atoms with Crippen molar-refractivity contribution in [3.05, 3.63) is 96.1 Å². The molecular weight excluding hydrogens is 376 g/mol. The van der Waals surface area contributed by atoms with Crippen molar-refractivity contribution in [1.29, 1.82) is 0 Å². The van der Waals surface area contributed by atoms with E-state index in [0.717, 1.165) is 28.1 Å². The molecule has 0 radical (unpaired) electrons. The van der Waals surface area contributed by atoms with Gasteiger partial charge < -0.3 is 9.47 Å². The van der Waals surface area contributed by atoms with Crippen molar-refractivity contribution >= 4 is 5.97 Å². The number of carbonyl (C=O) groups excluding carboxylic acids is 1. The highest BCUT2D eigenvalue weighted by Crippen LogP contribution is 2.29. The predicted molar refractivity (Wildman–Crippen MR) is 117 cm³/mol. The zero-order valence-corrected chi connectivity index (χ0v) is 16.9. The first-order valence-electron chi connectivity index (χ1n) is 9.63. The number of hydrogen-bond donors (Lipinski definition) is 0. The van der Waals surface area contributed by atoms with Gasteiger partial charge in [0.2, 0.25) is 0 Å². The molecule has 1 aromatic heterocycles. The Morgan fingerprint density at radius 3 is 2.17 bits per heavy atom. The molecule has 30 heavy (non-hydrogen) atoms. The molecule has 0 atom stereocenters. The van der Waals surface area contributed by atoms with Gasteiger partial charge in [-0.3, -0.25) is 4.68 Å². The van der Waals surface area contributed by atoms with Crippen molar-refractivity contribution in [2.75, 3.05) is 14.2 Å². The Morgan fingerprint density at radius 1 is 0.867 bits per heavy atom. The molecule has 0 aliphatic heterocycles. The summed E-state index contributed by atoms with van der Waals surface area (Å²) in [6, 6.07) is 27.7. The summed E-state index contributed by atoms with van der Waals surface area (Å²) < 4.78 is 12.3. The molecule has 1 heterocycles. The van der Waals surface area contributed by atoms with Crippen LogP contribution in [0.4, 0.5) is 0 Å². The highest BCUT2D eigenvalue weighted by atomic mass is 16.5. The van der Waals surface area contributed by atoms with Gasteiger partial charge in [0.1, 0.15) is 5.75 Å². The molecule has 0 aliphatic carbocycles. The van der Waals surface area contributed by atoms with E-state index in [1.165, 1.54) is 7.11 Å². The van der Waals surface area contributed by atoms with E-state index in [2.05, 4.69) is 18.2 Å². The quantitative estimate of drug-likeness (QED) is 0.426. The maximum Gasteiger partial charge on any atom is 0.337 e. The number of ether oxygens (including phenoxy) is 2. The van der Waals surface area contributed by atoms with Crippen LogP contribution in [0, 0.1) is 0 Å². The van der Waals surface area contributed by atoms with E-state index in [1.807, 2.05) is 59.3 Å². The summed E-state index contributed by atoms with van der Waals surface area (Å²) in [6.45, 7) is 0.502. The van der Waals surface area contributed by atoms with E-state index in [4.69, 9.17) is 14.6 Å². The first-order valence-corrected chi connectivity index (χ1v) is 9.63. The van der Waals surface area contributed by atoms with Crippen LogP contribution in [-0.2, 0) is 11.3 Å². The van der Waals surface area contributed by atoms with Crippen LogP contribution in [0.15, 0.2) is 84.9 Å². The number of methoxy groups -OCH3 is 2. The fourth-order valence-corrected chi connectivity index (χ4v) is 3.41. The average Bonchev–Trinajstić information content (AvgIpc) is 3.23. The first kappa shape index (κ1) is 19.5. The van der Waals surface area contributed by atoms with Crippen molar-refractivity contribution < 1.29 is 14.3 Å². The van der Waals surface area contributed by atoms with Crippen LogP contribution in [0.3, 0.4) is 0 Å². The molecule has 4 rings (SSSR count). The topological polar surface area (TPSA) is 53.4 Å². The molecule has 0 unspecified atom stereocenters. The molecule has 4 aromatic rings. The van der Waals surface area contributed by atoms with Gasteiger partial charge in [0.25, 0.3) is 0 Å². The number of nitrogens with zero attached hydrogens (tertiary/aromatic N) is 2. The molecule has 0 saturated heterocycles. The SMILES string of the molecule is COC(=O)c1ccc(Cn2nc(-c3ccccc3)cc2-c2ccccc2)c(OC)c1. The number of rotatable bonds is 6. The highest BCUT2D eigenvalue weighted by Gasteiger charge is 2.15. The van der Waals surface area contributed by atoms with Crippen molar-refractivity contribution in [2.45, 2.75) is 6.54 Å². The Labute approximate surface area is 175 Å². The third kappa shape index (κ3) is 3.96. The molecule has 0 bridgehead atoms. The molecule has 0 fully saturated rings. The van der Waals surface area contributed by atoms with Gasteiger partial charge in [-0.15, -0.1) is 0 Å². The maximum atomic E-state index is 11.9. The van der Waals surface area contributed by atoms with E-state index in [-0.39, 0.29) is 0 Å². The number of aromatic nitrogens is 2. The van der Waals surface area contributed by atoms with Crippen LogP contribution in [-0.4, -0.2) is 30.0 Å². The number of carbonyl (C=O) groups is 1. The van der Waals surface area contributed by atoms with Crippen LogP contribution >= 0.6 is 0 Å². The molecule has 5 heteroatoms. The molecule has 0 N–H and O–H groups in total. The summed E-state index contributed by atoms with van der Waals surface area (Å²) in [5, 5.41) is 4.87. The molecule has 3 aromatic carbocycles. The van der Waals surface area contributed by atoms with Gasteiger partial charge in [-0.05, 0) is 23.8 Å². The Bertz CT molecular complexity index is 1150. The highest BCUT2D eigenvalue weighted by molar-refractivity contribution is 5.90. The Kier molecular flexibility index (Phi) is 5.61. The lowest BCUT2D eigenvalue weighted by atomic mass is 10.1. The Hall–Kier alpha value is -3.86. The second-order valence-corrected chi connectivity index (χ2v) is 6.82. The molecule has 150 valence electrons. The van der Waals surface area contributed by atoms with Crippen LogP contribution in [0.2, 0.25) is 0 Å². The normalized spacial score (nSPS) is 10.6. The first-order chi connectivity index (χ1) is 14.7. The zero-order chi connectivity index (χ0) is 20.9. The standard InChI is InChI=1S/C25H22N2O3/c1-29-24-15-20(25(28)30-2)13-14-21(24)17-27-23(19-11-7-4-8-12-19)16-22(26-27)18-9-5-3-6-10-18/h3-16H,17H2,1-2H3. The van der Waals surface area contributed by atoms with Crippen molar-refractivity contribution in [3.8, 4) is 28.3 Å². The zero-order valence-electron chi connectivity index (χ0n) is 16.9. The summed E-state index contributed by atoms with van der Waals surface area (Å²) in [5.74, 6) is 0.226. The summed E-state index contributed by atoms with van der Waals surface area (Å²) >= 11 is 0. The number of benzene rings is 3. The summed E-state index contributed by atoms with van der Waals surface area (Å²) in [5.41, 5.74) is 5.42. The van der Waals surface area contributed by atoms with E-state index in [9.17, 15) is 4.79 Å². The van der Waals surface area contributed by atoms with Crippen LogP contribution in [0.1, 0.15) is 15.9 Å². The van der Waals surface area contributed by atoms with E-state index in [1.54, 1.807) is 19.2 Å². The molecule has 0 saturated carbocycles. The van der Waals surface area contributed by atoms with Crippen LogP contribution in [0.25, 0.3) is 22.5 Å². The van der Waals surface area contributed by atoms with Gasteiger partial charge in [0.15, 0.2) is 0 Å². The van der Waals surface area contributed by atoms with Gasteiger partial charge >= 0.3 is 5.97 Å². The Balaban J connectivity index is 1.77. The van der Waals surface area contributed by atoms with Crippen LogP contribution in [0.5, 0.6) is 5.75 Å². The largest absolute Gasteiger partial charge is 0.496 e. The van der Waals surface area contributed by atoms with Crippen molar-refractivity contribution in [2.24, 2.45) is 0 Å². The third-order valence-electron chi connectivity index (χ3n) is 4.95. The number of esters is 1. The second-order valence-electron chi connectivity index (χ2n) is 6.82. The fourth-order valence-electron chi connectivity index (χ4n) is 3.41. The van der Waals surface area contributed by atoms with Gasteiger partial charge in [-0.2, -0.15) is 5.10 Å². The maximum absolute atomic E-state index is 11.9. The summed E-state index contributed by atoms with van der Waals surface area (Å²) in [4.78, 5) is 11.9.